The van der Waals surface area contributed by atoms with Crippen molar-refractivity contribution < 1.29 is 19.1 Å². The zero-order valence-electron chi connectivity index (χ0n) is 15.5. The molecule has 0 aliphatic carbocycles. The van der Waals surface area contributed by atoms with Crippen LogP contribution in [-0.2, 0) is 16.1 Å². The maximum Gasteiger partial charge on any atom is 0.348 e. The van der Waals surface area contributed by atoms with Gasteiger partial charge in [-0.2, -0.15) is 5.10 Å². The highest BCUT2D eigenvalue weighted by molar-refractivity contribution is 7.20. The Kier molecular flexibility index (Phi) is 5.25. The first-order valence-electron chi connectivity index (χ1n) is 8.89. The number of amides is 3. The summed E-state index contributed by atoms with van der Waals surface area (Å²) >= 11 is 7.19. The number of carbonyl (C=O) groups excluding carboxylic acids is 3. The molecule has 4 rings (SSSR count). The summed E-state index contributed by atoms with van der Waals surface area (Å²) in [5.74, 6) is -1.14. The van der Waals surface area contributed by atoms with Gasteiger partial charge >= 0.3 is 12.0 Å². The van der Waals surface area contributed by atoms with Crippen LogP contribution in [0.4, 0.5) is 4.79 Å². The number of esters is 1. The van der Waals surface area contributed by atoms with Crippen molar-refractivity contribution in [3.63, 3.8) is 0 Å². The van der Waals surface area contributed by atoms with Crippen LogP contribution in [0.5, 0.6) is 0 Å². The first-order chi connectivity index (χ1) is 13.9. The molecule has 1 aliphatic rings. The number of hydrogen-bond acceptors (Lipinski definition) is 6. The molecular formula is C19H17ClN4O4S. The van der Waals surface area contributed by atoms with Gasteiger partial charge in [-0.05, 0) is 30.7 Å². The predicted molar refractivity (Wildman–Crippen MR) is 108 cm³/mol. The number of imide groups is 1. The van der Waals surface area contributed by atoms with E-state index in [2.05, 4.69) is 10.4 Å². The fraction of sp³-hybridized carbons (Fsp3) is 0.263. The van der Waals surface area contributed by atoms with Crippen molar-refractivity contribution in [1.29, 1.82) is 0 Å². The molecule has 150 valence electrons. The second kappa shape index (κ2) is 7.84. The summed E-state index contributed by atoms with van der Waals surface area (Å²) in [6, 6.07) is 8.74. The summed E-state index contributed by atoms with van der Waals surface area (Å²) in [6.07, 6.45) is 0. The van der Waals surface area contributed by atoms with Crippen LogP contribution in [0, 0.1) is 6.92 Å². The SMILES string of the molecule is Cc1nn(Cc2ccc(Cl)cc2)c2sc(C(=O)OCC(=O)N3CCNC3=O)cc12. The largest absolute Gasteiger partial charge is 0.451 e. The van der Waals surface area contributed by atoms with Crippen molar-refractivity contribution in [2.45, 2.75) is 13.5 Å². The monoisotopic (exact) mass is 432 g/mol. The minimum absolute atomic E-state index is 0.276. The number of thiophene rings is 1. The van der Waals surface area contributed by atoms with Gasteiger partial charge in [0.15, 0.2) is 6.61 Å². The summed E-state index contributed by atoms with van der Waals surface area (Å²) in [5.41, 5.74) is 1.83. The number of urea groups is 1. The fourth-order valence-electron chi connectivity index (χ4n) is 3.07. The smallest absolute Gasteiger partial charge is 0.348 e. The van der Waals surface area contributed by atoms with Gasteiger partial charge in [0.1, 0.15) is 9.71 Å². The molecule has 1 fully saturated rings. The average molecular weight is 433 g/mol. The van der Waals surface area contributed by atoms with Gasteiger partial charge in [0.2, 0.25) is 0 Å². The second-order valence-electron chi connectivity index (χ2n) is 6.55. The van der Waals surface area contributed by atoms with Gasteiger partial charge in [-0.15, -0.1) is 11.3 Å². The first-order valence-corrected chi connectivity index (χ1v) is 10.1. The maximum absolute atomic E-state index is 12.4. The Morgan fingerprint density at radius 1 is 1.31 bits per heavy atom. The van der Waals surface area contributed by atoms with Crippen LogP contribution >= 0.6 is 22.9 Å². The summed E-state index contributed by atoms with van der Waals surface area (Å²) < 4.78 is 6.95. The highest BCUT2D eigenvalue weighted by Gasteiger charge is 2.27. The van der Waals surface area contributed by atoms with E-state index in [0.717, 1.165) is 26.4 Å². The van der Waals surface area contributed by atoms with Crippen molar-refractivity contribution in [2.75, 3.05) is 19.7 Å². The molecule has 0 radical (unpaired) electrons. The number of rotatable bonds is 5. The van der Waals surface area contributed by atoms with Crippen molar-refractivity contribution in [1.82, 2.24) is 20.0 Å². The molecule has 2 aromatic heterocycles. The molecule has 29 heavy (non-hydrogen) atoms. The lowest BCUT2D eigenvalue weighted by atomic mass is 10.2. The third-order valence-electron chi connectivity index (χ3n) is 4.54. The van der Waals surface area contributed by atoms with Gasteiger partial charge in [-0.25, -0.2) is 9.59 Å². The summed E-state index contributed by atoms with van der Waals surface area (Å²) in [6.45, 7) is 2.61. The van der Waals surface area contributed by atoms with Crippen LogP contribution in [0.25, 0.3) is 10.2 Å². The van der Waals surface area contributed by atoms with Gasteiger partial charge in [0.05, 0.1) is 12.2 Å². The number of nitrogens with zero attached hydrogens (tertiary/aromatic N) is 3. The number of nitrogens with one attached hydrogen (secondary N) is 1. The summed E-state index contributed by atoms with van der Waals surface area (Å²) in [7, 11) is 0. The molecule has 0 bridgehead atoms. The number of benzene rings is 1. The highest BCUT2D eigenvalue weighted by atomic mass is 35.5. The third kappa shape index (κ3) is 3.96. The standard InChI is InChI=1S/C19H17ClN4O4S/c1-11-14-8-15(18(26)28-10-16(25)23-7-6-21-19(23)27)29-17(14)24(22-11)9-12-2-4-13(20)5-3-12/h2-5,8H,6-7,9-10H2,1H3,(H,21,27). The molecule has 0 atom stereocenters. The Morgan fingerprint density at radius 3 is 2.76 bits per heavy atom. The van der Waals surface area contributed by atoms with E-state index >= 15 is 0 Å². The number of aryl methyl sites for hydroxylation is 1. The van der Waals surface area contributed by atoms with Crippen molar-refractivity contribution in [3.05, 3.63) is 51.5 Å². The Labute approximate surface area is 175 Å². The van der Waals surface area contributed by atoms with E-state index in [1.807, 2.05) is 35.9 Å². The molecule has 3 amide bonds. The minimum Gasteiger partial charge on any atom is -0.451 e. The average Bonchev–Trinajstić information content (AvgIpc) is 3.39. The van der Waals surface area contributed by atoms with E-state index in [1.165, 1.54) is 11.3 Å². The molecule has 10 heteroatoms. The zero-order valence-corrected chi connectivity index (χ0v) is 17.0. The topological polar surface area (TPSA) is 93.5 Å². The number of hydrogen-bond donors (Lipinski definition) is 1. The molecule has 8 nitrogen and oxygen atoms in total. The van der Waals surface area contributed by atoms with Crippen LogP contribution < -0.4 is 5.32 Å². The molecule has 1 aliphatic heterocycles. The van der Waals surface area contributed by atoms with Crippen LogP contribution in [0.1, 0.15) is 20.9 Å². The van der Waals surface area contributed by atoms with E-state index in [4.69, 9.17) is 16.3 Å². The molecule has 1 saturated heterocycles. The quantitative estimate of drug-likeness (QED) is 0.626. The number of halogens is 1. The molecular weight excluding hydrogens is 416 g/mol. The number of aromatic nitrogens is 2. The fourth-order valence-corrected chi connectivity index (χ4v) is 4.25. The zero-order chi connectivity index (χ0) is 20.5. The van der Waals surface area contributed by atoms with Crippen LogP contribution in [0.15, 0.2) is 30.3 Å². The van der Waals surface area contributed by atoms with Crippen LogP contribution in [-0.4, -0.2) is 52.3 Å². The van der Waals surface area contributed by atoms with E-state index in [1.54, 1.807) is 6.07 Å². The number of fused-ring (bicyclic) bond motifs is 1. The van der Waals surface area contributed by atoms with Gasteiger partial charge in [-0.3, -0.25) is 14.4 Å². The molecule has 0 saturated carbocycles. The van der Waals surface area contributed by atoms with Crippen molar-refractivity contribution >= 4 is 51.1 Å². The van der Waals surface area contributed by atoms with Gasteiger partial charge in [0, 0.05) is 23.5 Å². The first kappa shape index (κ1) is 19.4. The normalized spacial score (nSPS) is 13.7. The lowest BCUT2D eigenvalue weighted by molar-refractivity contribution is -0.130. The van der Waals surface area contributed by atoms with Crippen LogP contribution in [0.2, 0.25) is 5.02 Å². The molecule has 0 unspecified atom stereocenters. The number of carbonyl (C=O) groups is 3. The van der Waals surface area contributed by atoms with Gasteiger partial charge in [-0.1, -0.05) is 23.7 Å². The lowest BCUT2D eigenvalue weighted by Crippen LogP contribution is -2.37. The highest BCUT2D eigenvalue weighted by Crippen LogP contribution is 2.29. The van der Waals surface area contributed by atoms with Gasteiger partial charge in [0.25, 0.3) is 5.91 Å². The van der Waals surface area contributed by atoms with Crippen molar-refractivity contribution in [2.24, 2.45) is 0 Å². The van der Waals surface area contributed by atoms with Crippen molar-refractivity contribution in [3.8, 4) is 0 Å². The number of ether oxygens (including phenoxy) is 1. The van der Waals surface area contributed by atoms with Gasteiger partial charge < -0.3 is 10.1 Å². The minimum atomic E-state index is -0.600. The van der Waals surface area contributed by atoms with Crippen LogP contribution in [0.3, 0.4) is 0 Å². The summed E-state index contributed by atoms with van der Waals surface area (Å²) in [4.78, 5) is 38.2. The molecule has 1 N–H and O–H groups in total. The Hall–Kier alpha value is -2.91. The second-order valence-corrected chi connectivity index (χ2v) is 8.02. The Morgan fingerprint density at radius 2 is 2.07 bits per heavy atom. The lowest BCUT2D eigenvalue weighted by Gasteiger charge is -2.11. The molecule has 3 aromatic rings. The Bertz CT molecular complexity index is 1110. The maximum atomic E-state index is 12.4. The molecule has 1 aromatic carbocycles. The van der Waals surface area contributed by atoms with E-state index in [-0.39, 0.29) is 6.54 Å². The van der Waals surface area contributed by atoms with E-state index < -0.39 is 24.5 Å². The summed E-state index contributed by atoms with van der Waals surface area (Å²) in [5, 5.41) is 8.60. The van der Waals surface area contributed by atoms with E-state index in [0.29, 0.717) is 23.0 Å². The third-order valence-corrected chi connectivity index (χ3v) is 5.92. The molecule has 0 spiro atoms. The predicted octanol–water partition coefficient (Wildman–Crippen LogP) is 2.82. The van der Waals surface area contributed by atoms with E-state index in [9.17, 15) is 14.4 Å². The Balaban J connectivity index is 1.48. The molecule has 3 heterocycles.